The van der Waals surface area contributed by atoms with Gasteiger partial charge in [0.25, 0.3) is 0 Å². The summed E-state index contributed by atoms with van der Waals surface area (Å²) in [6.07, 6.45) is 0. The molecule has 0 amide bonds. The van der Waals surface area contributed by atoms with E-state index in [4.69, 9.17) is 9.05 Å². The average Bonchev–Trinajstić information content (AvgIpc) is 2.22. The molecule has 0 unspecified atom stereocenters. The molecule has 4 nitrogen and oxygen atoms in total. The van der Waals surface area contributed by atoms with Crippen LogP contribution in [0.25, 0.3) is 0 Å². The van der Waals surface area contributed by atoms with Crippen LogP contribution in [0.1, 0.15) is 41.5 Å². The lowest BCUT2D eigenvalue weighted by molar-refractivity contribution is 0.0961. The van der Waals surface area contributed by atoms with E-state index >= 15 is 0 Å². The second-order valence-electron chi connectivity index (χ2n) is 5.06. The van der Waals surface area contributed by atoms with Crippen LogP contribution in [0.3, 0.4) is 0 Å². The van der Waals surface area contributed by atoms with Gasteiger partial charge in [-0.3, -0.25) is 20.0 Å². The predicted octanol–water partition coefficient (Wildman–Crippen LogP) is 3.36. The van der Waals surface area contributed by atoms with Crippen LogP contribution in [0.4, 0.5) is 0 Å². The zero-order valence-corrected chi connectivity index (χ0v) is 13.3. The Kier molecular flexibility index (Phi) is 6.52. The van der Waals surface area contributed by atoms with E-state index in [1.54, 1.807) is 0 Å². The van der Waals surface area contributed by atoms with Gasteiger partial charge in [-0.2, -0.15) is 0 Å². The van der Waals surface area contributed by atoms with Crippen molar-refractivity contribution in [1.29, 1.82) is 0 Å². The van der Waals surface area contributed by atoms with Crippen LogP contribution in [-0.4, -0.2) is 8.56 Å². The van der Waals surface area contributed by atoms with E-state index in [9.17, 15) is 0 Å². The highest BCUT2D eigenvalue weighted by atomic mass is 28.4. The Balaban J connectivity index is 4.23. The Morgan fingerprint density at radius 3 is 1.24 bits per heavy atom. The van der Waals surface area contributed by atoms with Gasteiger partial charge >= 0.3 is 8.56 Å². The van der Waals surface area contributed by atoms with Gasteiger partial charge in [-0.05, 0) is 54.6 Å². The van der Waals surface area contributed by atoms with E-state index < -0.39 is 8.56 Å². The van der Waals surface area contributed by atoms with E-state index in [1.807, 2.05) is 54.6 Å². The van der Waals surface area contributed by atoms with Crippen LogP contribution in [0.5, 0.6) is 0 Å². The van der Waals surface area contributed by atoms with Crippen molar-refractivity contribution in [2.75, 3.05) is 0 Å². The van der Waals surface area contributed by atoms with Gasteiger partial charge in [0.2, 0.25) is 0 Å². The topological polar surface area (TPSA) is 42.5 Å². The van der Waals surface area contributed by atoms with Crippen LogP contribution < -0.4 is 11.0 Å². The summed E-state index contributed by atoms with van der Waals surface area (Å²) in [4.78, 5) is 0. The monoisotopic (exact) mass is 258 g/mol. The second kappa shape index (κ2) is 6.83. The van der Waals surface area contributed by atoms with Gasteiger partial charge < -0.3 is 0 Å². The molecule has 0 aromatic carbocycles. The highest BCUT2D eigenvalue weighted by Crippen LogP contribution is 2.07. The standard InChI is InChI=1S/C12H26N2O2Si/c1-9(2)11(5)13-15-17(7,8)16-14-12(6)10(3)4/h13-14H,1-8H3. The molecule has 0 aliphatic heterocycles. The van der Waals surface area contributed by atoms with Crippen LogP contribution in [0, 0.1) is 0 Å². The molecule has 0 aliphatic carbocycles. The van der Waals surface area contributed by atoms with Gasteiger partial charge in [-0.15, -0.1) is 0 Å². The van der Waals surface area contributed by atoms with Crippen molar-refractivity contribution in [3.05, 3.63) is 22.5 Å². The van der Waals surface area contributed by atoms with Crippen LogP contribution in [0.2, 0.25) is 13.1 Å². The molecule has 0 bridgehead atoms. The smallest absolute Gasteiger partial charge is 0.286 e. The Labute approximate surface area is 106 Å². The molecule has 0 heterocycles. The molecular formula is C12H26N2O2Si. The molecule has 0 saturated carbocycles. The van der Waals surface area contributed by atoms with Crippen molar-refractivity contribution in [3.63, 3.8) is 0 Å². The van der Waals surface area contributed by atoms with E-state index in [0.717, 1.165) is 11.4 Å². The van der Waals surface area contributed by atoms with Crippen molar-refractivity contribution in [3.8, 4) is 0 Å². The van der Waals surface area contributed by atoms with Gasteiger partial charge in [0.05, 0.1) is 0 Å². The normalized spacial score (nSPS) is 10.8. The zero-order chi connectivity index (χ0) is 13.6. The van der Waals surface area contributed by atoms with Crippen molar-refractivity contribution < 1.29 is 9.05 Å². The lowest BCUT2D eigenvalue weighted by Gasteiger charge is -2.24. The molecule has 0 fully saturated rings. The van der Waals surface area contributed by atoms with Crippen molar-refractivity contribution in [1.82, 2.24) is 11.0 Å². The largest absolute Gasteiger partial charge is 0.384 e. The lowest BCUT2D eigenvalue weighted by atomic mass is 10.3. The Morgan fingerprint density at radius 2 is 1.00 bits per heavy atom. The van der Waals surface area contributed by atoms with Crippen LogP contribution >= 0.6 is 0 Å². The summed E-state index contributed by atoms with van der Waals surface area (Å²) in [5.74, 6) is 0. The average molecular weight is 258 g/mol. The van der Waals surface area contributed by atoms with E-state index in [1.165, 1.54) is 11.1 Å². The van der Waals surface area contributed by atoms with Gasteiger partial charge in [-0.1, -0.05) is 11.1 Å². The molecule has 0 radical (unpaired) electrons. The first-order valence-corrected chi connectivity index (χ1v) is 8.63. The Morgan fingerprint density at radius 1 is 0.706 bits per heavy atom. The molecule has 100 valence electrons. The van der Waals surface area contributed by atoms with Crippen molar-refractivity contribution >= 4 is 8.56 Å². The van der Waals surface area contributed by atoms with E-state index in [2.05, 4.69) is 11.0 Å². The minimum absolute atomic E-state index is 1.02. The summed E-state index contributed by atoms with van der Waals surface area (Å²) >= 11 is 0. The fourth-order valence-corrected chi connectivity index (χ4v) is 1.46. The van der Waals surface area contributed by atoms with Gasteiger partial charge in [-0.25, -0.2) is 0 Å². The highest BCUT2D eigenvalue weighted by molar-refractivity contribution is 6.64. The number of nitrogens with one attached hydrogen (secondary N) is 2. The lowest BCUT2D eigenvalue weighted by Crippen LogP contribution is -2.43. The quantitative estimate of drug-likeness (QED) is 0.566. The molecule has 2 N–H and O–H groups in total. The minimum atomic E-state index is -2.21. The summed E-state index contributed by atoms with van der Waals surface area (Å²) < 4.78 is 11.2. The molecule has 0 aromatic heterocycles. The molecular weight excluding hydrogens is 232 g/mol. The summed E-state index contributed by atoms with van der Waals surface area (Å²) in [7, 11) is -2.21. The number of hydrogen-bond donors (Lipinski definition) is 2. The summed E-state index contributed by atoms with van der Waals surface area (Å²) in [6.45, 7) is 16.1. The van der Waals surface area contributed by atoms with Crippen LogP contribution in [-0.2, 0) is 9.05 Å². The fraction of sp³-hybridized carbons (Fsp3) is 0.667. The molecule has 0 aromatic rings. The molecule has 0 atom stereocenters. The van der Waals surface area contributed by atoms with E-state index in [-0.39, 0.29) is 0 Å². The molecule has 5 heteroatoms. The molecule has 0 rings (SSSR count). The zero-order valence-electron chi connectivity index (χ0n) is 12.3. The molecule has 17 heavy (non-hydrogen) atoms. The summed E-state index contributed by atoms with van der Waals surface area (Å²) in [5, 5.41) is 0. The predicted molar refractivity (Wildman–Crippen MR) is 74.0 cm³/mol. The maximum absolute atomic E-state index is 5.61. The fourth-order valence-electron chi connectivity index (χ4n) is 0.624. The number of rotatable bonds is 6. The third-order valence-electron chi connectivity index (χ3n) is 2.40. The SMILES string of the molecule is CC(C)=C(C)NO[Si](C)(C)ONC(C)=C(C)C. The number of hydrogen-bond acceptors (Lipinski definition) is 4. The maximum atomic E-state index is 5.61. The highest BCUT2D eigenvalue weighted by Gasteiger charge is 2.27. The summed E-state index contributed by atoms with van der Waals surface area (Å²) in [5.41, 5.74) is 10.3. The first kappa shape index (κ1) is 16.2. The Hall–Kier alpha value is -0.783. The first-order valence-electron chi connectivity index (χ1n) is 5.82. The van der Waals surface area contributed by atoms with Crippen molar-refractivity contribution in [2.24, 2.45) is 0 Å². The third kappa shape index (κ3) is 7.20. The summed E-state index contributed by atoms with van der Waals surface area (Å²) in [6, 6.07) is 0. The number of hydroxylamine groups is 2. The third-order valence-corrected chi connectivity index (χ3v) is 3.59. The van der Waals surface area contributed by atoms with Crippen molar-refractivity contribution in [2.45, 2.75) is 54.6 Å². The van der Waals surface area contributed by atoms with Crippen LogP contribution in [0.15, 0.2) is 22.5 Å². The van der Waals surface area contributed by atoms with Gasteiger partial charge in [0.15, 0.2) is 0 Å². The van der Waals surface area contributed by atoms with Gasteiger partial charge in [0, 0.05) is 11.4 Å². The minimum Gasteiger partial charge on any atom is -0.286 e. The second-order valence-corrected chi connectivity index (χ2v) is 8.27. The molecule has 0 aliphatic rings. The first-order chi connectivity index (χ1) is 7.65. The molecule has 0 saturated heterocycles. The number of allylic oxidation sites excluding steroid dienone is 4. The van der Waals surface area contributed by atoms with E-state index in [0.29, 0.717) is 0 Å². The molecule has 0 spiro atoms. The van der Waals surface area contributed by atoms with Gasteiger partial charge in [0.1, 0.15) is 0 Å². The Bertz CT molecular complexity index is 284. The maximum Gasteiger partial charge on any atom is 0.384 e.